The first-order valence-corrected chi connectivity index (χ1v) is 5.65. The Morgan fingerprint density at radius 2 is 2.00 bits per heavy atom. The average molecular weight is 213 g/mol. The molecule has 0 fully saturated rings. The lowest BCUT2D eigenvalue weighted by Crippen LogP contribution is -2.31. The summed E-state index contributed by atoms with van der Waals surface area (Å²) in [6, 6.07) is 12.6. The third kappa shape index (κ3) is 1.34. The molecule has 82 valence electrons. The lowest BCUT2D eigenvalue weighted by atomic mass is 9.90. The quantitative estimate of drug-likeness (QED) is 0.730. The predicted octanol–water partition coefficient (Wildman–Crippen LogP) is 2.76. The Balaban J connectivity index is 2.32. The van der Waals surface area contributed by atoms with Crippen molar-refractivity contribution in [1.29, 1.82) is 0 Å². The lowest BCUT2D eigenvalue weighted by molar-refractivity contribution is 0.0220. The fourth-order valence-corrected chi connectivity index (χ4v) is 2.42. The highest BCUT2D eigenvalue weighted by Crippen LogP contribution is 2.33. The van der Waals surface area contributed by atoms with Gasteiger partial charge in [-0.2, -0.15) is 0 Å². The van der Waals surface area contributed by atoms with Crippen LogP contribution in [0.1, 0.15) is 24.1 Å². The molecular weight excluding hydrogens is 198 g/mol. The van der Waals surface area contributed by atoms with Crippen LogP contribution in [0.3, 0.4) is 0 Å². The second-order valence-electron chi connectivity index (χ2n) is 4.40. The van der Waals surface area contributed by atoms with Crippen LogP contribution >= 0.6 is 0 Å². The van der Waals surface area contributed by atoms with E-state index in [1.807, 2.05) is 6.92 Å². The molecule has 0 unspecified atom stereocenters. The summed E-state index contributed by atoms with van der Waals surface area (Å²) in [5, 5.41) is 2.52. The Bertz CT molecular complexity index is 535. The van der Waals surface area contributed by atoms with Gasteiger partial charge in [-0.1, -0.05) is 36.4 Å². The molecule has 2 aromatic carbocycles. The first-order chi connectivity index (χ1) is 7.77. The highest BCUT2D eigenvalue weighted by molar-refractivity contribution is 5.87. The molecule has 16 heavy (non-hydrogen) atoms. The van der Waals surface area contributed by atoms with Crippen molar-refractivity contribution in [3.63, 3.8) is 0 Å². The predicted molar refractivity (Wildman–Crippen MR) is 65.1 cm³/mol. The molecule has 0 saturated heterocycles. The Morgan fingerprint density at radius 3 is 2.88 bits per heavy atom. The van der Waals surface area contributed by atoms with Crippen molar-refractivity contribution < 1.29 is 4.74 Å². The van der Waals surface area contributed by atoms with E-state index in [2.05, 4.69) is 36.4 Å². The Morgan fingerprint density at radius 1 is 1.19 bits per heavy atom. The lowest BCUT2D eigenvalue weighted by Gasteiger charge is -2.30. The SMILES string of the molecule is C[C@H]1OCc2ccc3ccccc3c2[C@@H]1N. The molecule has 0 aliphatic carbocycles. The van der Waals surface area contributed by atoms with Crippen LogP contribution in [0.2, 0.25) is 0 Å². The number of ether oxygens (including phenoxy) is 1. The summed E-state index contributed by atoms with van der Waals surface area (Å²) in [7, 11) is 0. The van der Waals surface area contributed by atoms with Crippen molar-refractivity contribution in [1.82, 2.24) is 0 Å². The molecule has 1 heterocycles. The van der Waals surface area contributed by atoms with E-state index in [-0.39, 0.29) is 12.1 Å². The molecule has 2 aromatic rings. The van der Waals surface area contributed by atoms with E-state index >= 15 is 0 Å². The zero-order valence-corrected chi connectivity index (χ0v) is 9.31. The molecule has 0 saturated carbocycles. The largest absolute Gasteiger partial charge is 0.372 e. The number of hydrogen-bond acceptors (Lipinski definition) is 2. The van der Waals surface area contributed by atoms with Crippen LogP contribution in [0.5, 0.6) is 0 Å². The van der Waals surface area contributed by atoms with E-state index in [4.69, 9.17) is 10.5 Å². The molecule has 3 rings (SSSR count). The monoisotopic (exact) mass is 213 g/mol. The van der Waals surface area contributed by atoms with Crippen molar-refractivity contribution in [3.05, 3.63) is 47.5 Å². The van der Waals surface area contributed by atoms with E-state index in [1.165, 1.54) is 21.9 Å². The average Bonchev–Trinajstić information content (AvgIpc) is 2.33. The van der Waals surface area contributed by atoms with Gasteiger partial charge >= 0.3 is 0 Å². The van der Waals surface area contributed by atoms with Gasteiger partial charge in [0.1, 0.15) is 0 Å². The summed E-state index contributed by atoms with van der Waals surface area (Å²) >= 11 is 0. The van der Waals surface area contributed by atoms with Crippen LogP contribution in [-0.4, -0.2) is 6.10 Å². The van der Waals surface area contributed by atoms with Gasteiger partial charge in [-0.15, -0.1) is 0 Å². The third-order valence-electron chi connectivity index (χ3n) is 3.40. The highest BCUT2D eigenvalue weighted by atomic mass is 16.5. The van der Waals surface area contributed by atoms with Gasteiger partial charge in [-0.3, -0.25) is 0 Å². The van der Waals surface area contributed by atoms with Gasteiger partial charge in [0, 0.05) is 0 Å². The second kappa shape index (κ2) is 3.58. The first kappa shape index (κ1) is 9.82. The molecule has 0 bridgehead atoms. The maximum Gasteiger partial charge on any atom is 0.0744 e. The van der Waals surface area contributed by atoms with Crippen LogP contribution in [-0.2, 0) is 11.3 Å². The number of hydrogen-bond donors (Lipinski definition) is 1. The molecule has 0 amide bonds. The third-order valence-corrected chi connectivity index (χ3v) is 3.40. The summed E-state index contributed by atoms with van der Waals surface area (Å²) in [5.74, 6) is 0. The van der Waals surface area contributed by atoms with Gasteiger partial charge < -0.3 is 10.5 Å². The van der Waals surface area contributed by atoms with Crippen molar-refractivity contribution >= 4 is 10.8 Å². The fraction of sp³-hybridized carbons (Fsp3) is 0.286. The van der Waals surface area contributed by atoms with E-state index in [9.17, 15) is 0 Å². The van der Waals surface area contributed by atoms with Gasteiger partial charge in [0.2, 0.25) is 0 Å². The molecule has 1 aliphatic heterocycles. The summed E-state index contributed by atoms with van der Waals surface area (Å²) < 4.78 is 5.64. The van der Waals surface area contributed by atoms with Crippen LogP contribution in [0.25, 0.3) is 10.8 Å². The number of benzene rings is 2. The van der Waals surface area contributed by atoms with Gasteiger partial charge in [-0.05, 0) is 28.8 Å². The van der Waals surface area contributed by atoms with E-state index in [0.29, 0.717) is 6.61 Å². The van der Waals surface area contributed by atoms with Gasteiger partial charge in [0.05, 0.1) is 18.8 Å². The van der Waals surface area contributed by atoms with Crippen LogP contribution in [0, 0.1) is 0 Å². The fourth-order valence-electron chi connectivity index (χ4n) is 2.42. The van der Waals surface area contributed by atoms with Gasteiger partial charge in [0.15, 0.2) is 0 Å². The summed E-state index contributed by atoms with van der Waals surface area (Å²) in [6.45, 7) is 2.71. The van der Waals surface area contributed by atoms with E-state index < -0.39 is 0 Å². The zero-order valence-electron chi connectivity index (χ0n) is 9.31. The molecule has 2 atom stereocenters. The number of nitrogens with two attached hydrogens (primary N) is 1. The first-order valence-electron chi connectivity index (χ1n) is 5.65. The maximum atomic E-state index is 6.23. The Hall–Kier alpha value is -1.38. The minimum Gasteiger partial charge on any atom is -0.372 e. The summed E-state index contributed by atoms with van der Waals surface area (Å²) in [6.07, 6.45) is 0.0957. The summed E-state index contributed by atoms with van der Waals surface area (Å²) in [5.41, 5.74) is 8.72. The molecule has 1 aliphatic rings. The minimum absolute atomic E-state index is 0.0187. The Labute approximate surface area is 95.0 Å². The highest BCUT2D eigenvalue weighted by Gasteiger charge is 2.25. The minimum atomic E-state index is -0.0187. The van der Waals surface area contributed by atoms with Crippen molar-refractivity contribution in [2.75, 3.05) is 0 Å². The van der Waals surface area contributed by atoms with Crippen LogP contribution in [0.4, 0.5) is 0 Å². The van der Waals surface area contributed by atoms with Crippen LogP contribution < -0.4 is 5.73 Å². The number of fused-ring (bicyclic) bond motifs is 3. The standard InChI is InChI=1S/C14H15NO/c1-9-14(15)13-11(8-16-9)7-6-10-4-2-3-5-12(10)13/h2-7,9,14H,8,15H2,1H3/t9-,14-/m1/s1. The Kier molecular flexibility index (Phi) is 2.20. The van der Waals surface area contributed by atoms with E-state index in [0.717, 1.165) is 0 Å². The zero-order chi connectivity index (χ0) is 11.1. The molecule has 2 nitrogen and oxygen atoms in total. The molecule has 0 spiro atoms. The van der Waals surface area contributed by atoms with Gasteiger partial charge in [-0.25, -0.2) is 0 Å². The van der Waals surface area contributed by atoms with Crippen LogP contribution in [0.15, 0.2) is 36.4 Å². The molecule has 2 heteroatoms. The molecule has 0 aromatic heterocycles. The van der Waals surface area contributed by atoms with Crippen molar-refractivity contribution in [2.45, 2.75) is 25.7 Å². The molecule has 2 N–H and O–H groups in total. The normalized spacial score (nSPS) is 24.4. The second-order valence-corrected chi connectivity index (χ2v) is 4.40. The topological polar surface area (TPSA) is 35.2 Å². The molecular formula is C14H15NO. The number of rotatable bonds is 0. The maximum absolute atomic E-state index is 6.23. The van der Waals surface area contributed by atoms with Crippen molar-refractivity contribution in [2.24, 2.45) is 5.73 Å². The van der Waals surface area contributed by atoms with E-state index in [1.54, 1.807) is 0 Å². The molecule has 0 radical (unpaired) electrons. The van der Waals surface area contributed by atoms with Crippen molar-refractivity contribution in [3.8, 4) is 0 Å². The van der Waals surface area contributed by atoms with Gasteiger partial charge in [0.25, 0.3) is 0 Å². The smallest absolute Gasteiger partial charge is 0.0744 e. The summed E-state index contributed by atoms with van der Waals surface area (Å²) in [4.78, 5) is 0.